The topological polar surface area (TPSA) is 178 Å². The van der Waals surface area contributed by atoms with Gasteiger partial charge in [0, 0.05) is 115 Å². The predicted octanol–water partition coefficient (Wildman–Crippen LogP) is 6.50. The Balaban J connectivity index is 1.04. The van der Waals surface area contributed by atoms with Gasteiger partial charge in [-0.25, -0.2) is 20.4 Å². The maximum absolute atomic E-state index is 15.5. The number of ether oxygens (including phenoxy) is 4. The molecule has 5 aliphatic heterocycles. The van der Waals surface area contributed by atoms with Crippen LogP contribution in [0.25, 0.3) is 33.4 Å². The normalized spacial score (nSPS) is 27.1. The molecule has 5 aromatic rings. The van der Waals surface area contributed by atoms with Crippen LogP contribution in [0.1, 0.15) is 106 Å². The molecule has 18 heteroatoms. The number of methoxy groups -OCH3 is 1. The van der Waals surface area contributed by atoms with Crippen LogP contribution in [0.4, 0.5) is 0 Å². The number of benzene rings is 1. The van der Waals surface area contributed by atoms with Gasteiger partial charge < -0.3 is 28.8 Å². The number of nitrogens with one attached hydrogen (secondary N) is 2. The van der Waals surface area contributed by atoms with Gasteiger partial charge >= 0.3 is 5.97 Å². The number of likely N-dealkylation sites (N-methyl/N-ethyl adjacent to an activating group) is 1. The van der Waals surface area contributed by atoms with Crippen molar-refractivity contribution in [2.24, 2.45) is 17.3 Å². The minimum absolute atomic E-state index is 0.0177. The molecular weight excluding hydrogens is 945 g/mol. The molecule has 17 nitrogen and oxygen atoms in total. The van der Waals surface area contributed by atoms with E-state index in [0.717, 1.165) is 101 Å². The third-order valence-electron chi connectivity index (χ3n) is 16.7. The zero-order valence-corrected chi connectivity index (χ0v) is 43.9. The highest BCUT2D eigenvalue weighted by atomic mass is 32.1. The number of carbonyl (C=O) groups is 3. The van der Waals surface area contributed by atoms with Crippen molar-refractivity contribution in [2.45, 2.75) is 121 Å². The van der Waals surface area contributed by atoms with Crippen LogP contribution in [0, 0.1) is 17.3 Å². The predicted molar refractivity (Wildman–Crippen MR) is 276 cm³/mol. The number of likely N-dealkylation sites (tertiary alicyclic amines) is 2. The third kappa shape index (κ3) is 9.73. The first-order valence-electron chi connectivity index (χ1n) is 26.4. The number of aromatic nitrogens is 5. The fourth-order valence-corrected chi connectivity index (χ4v) is 13.5. The first kappa shape index (κ1) is 50.0. The molecule has 9 heterocycles. The number of amides is 2. The second kappa shape index (κ2) is 20.5. The van der Waals surface area contributed by atoms with Crippen LogP contribution in [0.3, 0.4) is 0 Å². The first-order chi connectivity index (χ1) is 35.3. The molecule has 1 saturated carbocycles. The van der Waals surface area contributed by atoms with Crippen molar-refractivity contribution in [1.29, 1.82) is 0 Å². The average Bonchev–Trinajstić information content (AvgIpc) is 3.67. The van der Waals surface area contributed by atoms with Crippen LogP contribution in [0.5, 0.6) is 0 Å². The fraction of sp³-hybridized carbons (Fsp3) is 0.582. The molecule has 1 spiro atoms. The van der Waals surface area contributed by atoms with Gasteiger partial charge in [-0.15, -0.1) is 11.3 Å². The van der Waals surface area contributed by atoms with E-state index in [2.05, 4.69) is 92.5 Å². The zero-order chi connectivity index (χ0) is 50.6. The Bertz CT molecular complexity index is 2830. The van der Waals surface area contributed by atoms with Gasteiger partial charge in [-0.05, 0) is 107 Å². The fourth-order valence-electron chi connectivity index (χ4n) is 12.5. The van der Waals surface area contributed by atoms with Crippen LogP contribution < -0.4 is 10.7 Å². The van der Waals surface area contributed by atoms with E-state index in [1.807, 2.05) is 25.3 Å². The lowest BCUT2D eigenvalue weighted by molar-refractivity contribution is -0.156. The van der Waals surface area contributed by atoms with E-state index in [-0.39, 0.29) is 53.9 Å². The summed E-state index contributed by atoms with van der Waals surface area (Å²) in [5.74, 6) is -1.37. The van der Waals surface area contributed by atoms with E-state index in [9.17, 15) is 9.59 Å². The van der Waals surface area contributed by atoms with Gasteiger partial charge in [-0.2, -0.15) is 0 Å². The molecule has 2 N–H and O–H groups in total. The molecule has 0 unspecified atom stereocenters. The Morgan fingerprint density at radius 2 is 1.89 bits per heavy atom. The maximum atomic E-state index is 15.5. The molecule has 1 aromatic carbocycles. The van der Waals surface area contributed by atoms with Crippen molar-refractivity contribution in [3.63, 3.8) is 0 Å². The largest absolute Gasteiger partial charge is 0.464 e. The quantitative estimate of drug-likeness (QED) is 0.137. The highest BCUT2D eigenvalue weighted by molar-refractivity contribution is 7.10. The van der Waals surface area contributed by atoms with Gasteiger partial charge in [-0.3, -0.25) is 34.2 Å². The first-order valence-corrected chi connectivity index (χ1v) is 27.2. The highest BCUT2D eigenvalue weighted by Crippen LogP contribution is 2.53. The van der Waals surface area contributed by atoms with Crippen LogP contribution in [0.15, 0.2) is 60.5 Å². The molecule has 73 heavy (non-hydrogen) atoms. The summed E-state index contributed by atoms with van der Waals surface area (Å²) in [4.78, 5) is 68.3. The lowest BCUT2D eigenvalue weighted by atomic mass is 9.84. The molecular formula is C55H70N10O7S. The minimum atomic E-state index is -1.02. The van der Waals surface area contributed by atoms with Crippen molar-refractivity contribution in [3.05, 3.63) is 82.5 Å². The maximum Gasteiger partial charge on any atom is 0.324 e. The van der Waals surface area contributed by atoms with Gasteiger partial charge in [0.05, 0.1) is 48.5 Å². The molecule has 0 radical (unpaired) electrons. The SMILES string of the molecule is CO[C@@H](C)c1ncccc1-c1c2c3cc(ccc3n1CCOC1CCOCC1)-c1csc(n1)[C@@H](N1CC3(CCCN3C)C1)[C@H](NC(=O)[C@@H]1[C@@H](C)[C@H]1c1ccncn1)C(=O)N1CCC[C@H](N1)C(=O)OCC(C)(C)C2. The van der Waals surface area contributed by atoms with E-state index >= 15 is 4.79 Å². The zero-order valence-electron chi connectivity index (χ0n) is 43.0. The molecule has 6 bridgehead atoms. The smallest absolute Gasteiger partial charge is 0.324 e. The summed E-state index contributed by atoms with van der Waals surface area (Å²) in [6, 6.07) is 10.2. The Morgan fingerprint density at radius 1 is 1.05 bits per heavy atom. The summed E-state index contributed by atoms with van der Waals surface area (Å²) in [7, 11) is 3.90. The lowest BCUT2D eigenvalue weighted by Gasteiger charge is -2.55. The summed E-state index contributed by atoms with van der Waals surface area (Å²) in [5, 5.41) is 8.79. The third-order valence-corrected chi connectivity index (χ3v) is 17.7. The van der Waals surface area contributed by atoms with E-state index in [4.69, 9.17) is 28.9 Å². The summed E-state index contributed by atoms with van der Waals surface area (Å²) in [5.41, 5.74) is 10.3. The summed E-state index contributed by atoms with van der Waals surface area (Å²) in [6.45, 7) is 13.8. The molecule has 11 rings (SSSR count). The van der Waals surface area contributed by atoms with Crippen molar-refractivity contribution < 1.29 is 33.3 Å². The Labute approximate surface area is 431 Å². The minimum Gasteiger partial charge on any atom is -0.464 e. The number of rotatable bonds is 11. The number of hydrogen-bond acceptors (Lipinski definition) is 15. The molecule has 7 atom stereocenters. The van der Waals surface area contributed by atoms with Gasteiger partial charge in [-0.1, -0.05) is 26.8 Å². The van der Waals surface area contributed by atoms with Gasteiger partial charge in [0.25, 0.3) is 5.91 Å². The van der Waals surface area contributed by atoms with Gasteiger partial charge in [0.15, 0.2) is 0 Å². The Kier molecular flexibility index (Phi) is 14.0. The molecule has 388 valence electrons. The van der Waals surface area contributed by atoms with Crippen LogP contribution in [-0.2, 0) is 46.3 Å². The average molecular weight is 1020 g/mol. The summed E-state index contributed by atoms with van der Waals surface area (Å²) in [6.07, 6.45) is 10.4. The van der Waals surface area contributed by atoms with E-state index < -0.39 is 29.5 Å². The van der Waals surface area contributed by atoms with Crippen molar-refractivity contribution in [3.8, 4) is 22.5 Å². The Morgan fingerprint density at radius 3 is 2.66 bits per heavy atom. The Hall–Kier alpha value is -5.21. The van der Waals surface area contributed by atoms with Crippen molar-refractivity contribution in [2.75, 3.05) is 66.8 Å². The molecule has 6 aliphatic rings. The van der Waals surface area contributed by atoms with E-state index in [0.29, 0.717) is 52.2 Å². The number of cyclic esters (lactones) is 1. The number of nitrogens with zero attached hydrogens (tertiary/aromatic N) is 8. The van der Waals surface area contributed by atoms with E-state index in [1.165, 1.54) is 17.7 Å². The van der Waals surface area contributed by atoms with E-state index in [1.54, 1.807) is 18.3 Å². The standard InChI is InChI=1S/C55H70N10O7S/c1-33-44(40-14-19-56-32-58-40)45(33)50(66)60-47-49(63-29-55(30-63)17-9-20-62(55)5)51-59-42(28-73-51)35-12-13-43-38(26-35)39(27-54(3,4)31-72-53(68)41-11-8-21-65(61-41)52(47)67)48(37-10-7-18-57-46(37)34(2)69-6)64(43)22-25-71-36-15-23-70-24-16-36/h7,10,12-14,18-19,26,28,32-34,36,41,44-45,47,49,61H,8-9,11,15-17,20-25,27,29-31H2,1-6H3,(H,60,66)/t33-,34-,41-,44-,45+,47-,49-/m0/s1. The number of hydrazine groups is 1. The number of fused-ring (bicyclic) bond motifs is 6. The summed E-state index contributed by atoms with van der Waals surface area (Å²) < 4.78 is 26.8. The number of carbonyl (C=O) groups excluding carboxylic acids is 3. The van der Waals surface area contributed by atoms with Crippen LogP contribution in [0.2, 0.25) is 0 Å². The van der Waals surface area contributed by atoms with Crippen molar-refractivity contribution >= 4 is 40.0 Å². The number of esters is 1. The molecule has 5 fully saturated rings. The molecule has 4 aromatic heterocycles. The number of hydrogen-bond donors (Lipinski definition) is 2. The number of thiazole rings is 1. The number of pyridine rings is 1. The highest BCUT2D eigenvalue weighted by Gasteiger charge is 2.57. The van der Waals surface area contributed by atoms with Gasteiger partial charge in [0.1, 0.15) is 23.4 Å². The van der Waals surface area contributed by atoms with Gasteiger partial charge in [0.2, 0.25) is 5.91 Å². The molecule has 2 amide bonds. The molecule has 4 saturated heterocycles. The second-order valence-electron chi connectivity index (χ2n) is 22.2. The lowest BCUT2D eigenvalue weighted by Crippen LogP contribution is -2.70. The molecule has 1 aliphatic carbocycles. The monoisotopic (exact) mass is 1010 g/mol. The van der Waals surface area contributed by atoms with Crippen LogP contribution in [-0.4, -0.2) is 148 Å². The second-order valence-corrected chi connectivity index (χ2v) is 23.1. The summed E-state index contributed by atoms with van der Waals surface area (Å²) >= 11 is 1.52. The van der Waals surface area contributed by atoms with Crippen molar-refractivity contribution in [1.82, 2.24) is 50.1 Å². The van der Waals surface area contributed by atoms with Crippen LogP contribution >= 0.6 is 11.3 Å².